The third-order valence-corrected chi connectivity index (χ3v) is 3.15. The number of unbranched alkanes of at least 4 members (excludes halogenated alkanes) is 3. The summed E-state index contributed by atoms with van der Waals surface area (Å²) in [4.78, 5) is 11.0. The third-order valence-electron chi connectivity index (χ3n) is 2.69. The van der Waals surface area contributed by atoms with Gasteiger partial charge in [0.2, 0.25) is 0 Å². The minimum atomic E-state index is 0.605. The van der Waals surface area contributed by atoms with Gasteiger partial charge < -0.3 is 4.74 Å². The van der Waals surface area contributed by atoms with E-state index in [1.165, 1.54) is 0 Å². The molecule has 2 nitrogen and oxygen atoms in total. The number of halogens is 1. The lowest BCUT2D eigenvalue weighted by atomic mass is 10.1. The van der Waals surface area contributed by atoms with Crippen LogP contribution >= 0.6 is 15.9 Å². The zero-order chi connectivity index (χ0) is 13.4. The van der Waals surface area contributed by atoms with E-state index in [-0.39, 0.29) is 0 Å². The maximum Gasteiger partial charge on any atom is 0.153 e. The van der Waals surface area contributed by atoms with Crippen LogP contribution in [0.15, 0.2) is 29.3 Å². The number of aryl methyl sites for hydroxylation is 1. The van der Waals surface area contributed by atoms with E-state index in [1.54, 1.807) is 6.07 Å². The van der Waals surface area contributed by atoms with Crippen LogP contribution in [0.1, 0.15) is 41.6 Å². The Morgan fingerprint density at radius 3 is 2.78 bits per heavy atom. The van der Waals surface area contributed by atoms with E-state index in [0.29, 0.717) is 17.9 Å². The molecule has 18 heavy (non-hydrogen) atoms. The fraction of sp³-hybridized carbons (Fsp3) is 0.400. The number of rotatable bonds is 8. The standard InChI is InChI=1S/C15H19BrO2/c1-3-4-5-6-7-8-18-15-12(2)9-14(16)10-13(15)11-17/h3,9-11H,1,4-8H2,2H3. The first-order chi connectivity index (χ1) is 8.69. The highest BCUT2D eigenvalue weighted by Crippen LogP contribution is 2.27. The normalized spacial score (nSPS) is 10.1. The van der Waals surface area contributed by atoms with E-state index in [0.717, 1.165) is 42.0 Å². The van der Waals surface area contributed by atoms with Crippen LogP contribution in [0.3, 0.4) is 0 Å². The Hall–Kier alpha value is -1.09. The van der Waals surface area contributed by atoms with Gasteiger partial charge in [0.1, 0.15) is 5.75 Å². The summed E-state index contributed by atoms with van der Waals surface area (Å²) in [6, 6.07) is 3.74. The Morgan fingerprint density at radius 1 is 1.33 bits per heavy atom. The van der Waals surface area contributed by atoms with Crippen molar-refractivity contribution in [2.24, 2.45) is 0 Å². The summed E-state index contributed by atoms with van der Waals surface area (Å²) in [5, 5.41) is 0. The minimum Gasteiger partial charge on any atom is -0.493 e. The second-order valence-corrected chi connectivity index (χ2v) is 5.16. The van der Waals surface area contributed by atoms with E-state index >= 15 is 0 Å². The van der Waals surface area contributed by atoms with Gasteiger partial charge in [-0.25, -0.2) is 0 Å². The molecule has 0 aliphatic heterocycles. The quantitative estimate of drug-likeness (QED) is 0.395. The van der Waals surface area contributed by atoms with Crippen LogP contribution in [0.2, 0.25) is 0 Å². The third kappa shape index (κ3) is 4.65. The second kappa shape index (κ2) is 8.09. The topological polar surface area (TPSA) is 26.3 Å². The van der Waals surface area contributed by atoms with Crippen molar-refractivity contribution in [1.82, 2.24) is 0 Å². The number of ether oxygens (including phenoxy) is 1. The van der Waals surface area contributed by atoms with E-state index < -0.39 is 0 Å². The van der Waals surface area contributed by atoms with Gasteiger partial charge in [0, 0.05) is 4.47 Å². The fourth-order valence-corrected chi connectivity index (χ4v) is 2.37. The van der Waals surface area contributed by atoms with Gasteiger partial charge in [-0.05, 0) is 50.3 Å². The Kier molecular flexibility index (Phi) is 6.73. The molecule has 0 N–H and O–H groups in total. The van der Waals surface area contributed by atoms with Gasteiger partial charge >= 0.3 is 0 Å². The summed E-state index contributed by atoms with van der Waals surface area (Å²) < 4.78 is 6.62. The summed E-state index contributed by atoms with van der Waals surface area (Å²) in [6.07, 6.45) is 7.10. The molecule has 0 aromatic heterocycles. The van der Waals surface area contributed by atoms with Crippen molar-refractivity contribution in [3.63, 3.8) is 0 Å². The number of allylic oxidation sites excluding steroid dienone is 1. The molecule has 1 aromatic carbocycles. The van der Waals surface area contributed by atoms with Crippen LogP contribution in [-0.4, -0.2) is 12.9 Å². The highest BCUT2D eigenvalue weighted by atomic mass is 79.9. The SMILES string of the molecule is C=CCCCCCOc1c(C)cc(Br)cc1C=O. The number of benzene rings is 1. The van der Waals surface area contributed by atoms with Gasteiger partial charge in [-0.2, -0.15) is 0 Å². The highest BCUT2D eigenvalue weighted by Gasteiger charge is 2.08. The van der Waals surface area contributed by atoms with Gasteiger partial charge in [0.05, 0.1) is 12.2 Å². The largest absolute Gasteiger partial charge is 0.493 e. The average molecular weight is 311 g/mol. The molecule has 0 aliphatic carbocycles. The molecule has 0 radical (unpaired) electrons. The molecule has 0 bridgehead atoms. The van der Waals surface area contributed by atoms with Crippen LogP contribution in [0.4, 0.5) is 0 Å². The van der Waals surface area contributed by atoms with Crippen molar-refractivity contribution in [3.8, 4) is 5.75 Å². The lowest BCUT2D eigenvalue weighted by Crippen LogP contribution is -2.02. The first kappa shape index (κ1) is 15.0. The Bertz CT molecular complexity index is 413. The summed E-state index contributed by atoms with van der Waals surface area (Å²) in [5.74, 6) is 0.705. The molecule has 0 aliphatic rings. The van der Waals surface area contributed by atoms with Gasteiger partial charge in [-0.1, -0.05) is 22.0 Å². The molecule has 0 saturated carbocycles. The van der Waals surface area contributed by atoms with Crippen molar-refractivity contribution in [1.29, 1.82) is 0 Å². The second-order valence-electron chi connectivity index (χ2n) is 4.25. The monoisotopic (exact) mass is 310 g/mol. The van der Waals surface area contributed by atoms with Crippen molar-refractivity contribution in [2.45, 2.75) is 32.6 Å². The summed E-state index contributed by atoms with van der Waals surface area (Å²) in [5.41, 5.74) is 1.59. The first-order valence-corrected chi connectivity index (χ1v) is 6.97. The van der Waals surface area contributed by atoms with E-state index in [9.17, 15) is 4.79 Å². The lowest BCUT2D eigenvalue weighted by Gasteiger charge is -2.11. The number of hydrogen-bond donors (Lipinski definition) is 0. The average Bonchev–Trinajstić information content (AvgIpc) is 2.35. The van der Waals surface area contributed by atoms with Crippen molar-refractivity contribution in [3.05, 3.63) is 40.4 Å². The molecule has 0 atom stereocenters. The molecule has 1 aromatic rings. The molecular formula is C15H19BrO2. The van der Waals surface area contributed by atoms with Crippen molar-refractivity contribution < 1.29 is 9.53 Å². The minimum absolute atomic E-state index is 0.605. The highest BCUT2D eigenvalue weighted by molar-refractivity contribution is 9.10. The van der Waals surface area contributed by atoms with Crippen molar-refractivity contribution >= 4 is 22.2 Å². The maximum absolute atomic E-state index is 11.0. The van der Waals surface area contributed by atoms with Gasteiger partial charge in [0.15, 0.2) is 6.29 Å². The first-order valence-electron chi connectivity index (χ1n) is 6.18. The predicted octanol–water partition coefficient (Wildman–Crippen LogP) is 4.70. The van der Waals surface area contributed by atoms with Crippen molar-refractivity contribution in [2.75, 3.05) is 6.61 Å². The van der Waals surface area contributed by atoms with Crippen LogP contribution in [0, 0.1) is 6.92 Å². The zero-order valence-corrected chi connectivity index (χ0v) is 12.3. The predicted molar refractivity (Wildman–Crippen MR) is 78.4 cm³/mol. The van der Waals surface area contributed by atoms with E-state index in [4.69, 9.17) is 4.74 Å². The van der Waals surface area contributed by atoms with Gasteiger partial charge in [-0.3, -0.25) is 4.79 Å². The lowest BCUT2D eigenvalue weighted by molar-refractivity contribution is 0.111. The Labute approximate surface area is 117 Å². The number of carbonyl (C=O) groups is 1. The molecular weight excluding hydrogens is 292 g/mol. The molecule has 1 rings (SSSR count). The van der Waals surface area contributed by atoms with Crippen LogP contribution < -0.4 is 4.74 Å². The Balaban J connectivity index is 2.51. The smallest absolute Gasteiger partial charge is 0.153 e. The van der Waals surface area contributed by atoms with Gasteiger partial charge in [-0.15, -0.1) is 6.58 Å². The number of carbonyl (C=O) groups excluding carboxylic acids is 1. The van der Waals surface area contributed by atoms with E-state index in [2.05, 4.69) is 22.5 Å². The molecule has 0 spiro atoms. The molecule has 98 valence electrons. The Morgan fingerprint density at radius 2 is 2.11 bits per heavy atom. The van der Waals surface area contributed by atoms with Crippen LogP contribution in [0.25, 0.3) is 0 Å². The van der Waals surface area contributed by atoms with E-state index in [1.807, 2.05) is 19.1 Å². The molecule has 3 heteroatoms. The zero-order valence-electron chi connectivity index (χ0n) is 10.7. The molecule has 0 saturated heterocycles. The fourth-order valence-electron chi connectivity index (χ4n) is 1.78. The summed E-state index contributed by atoms with van der Waals surface area (Å²) >= 11 is 3.37. The number of hydrogen-bond acceptors (Lipinski definition) is 2. The maximum atomic E-state index is 11.0. The summed E-state index contributed by atoms with van der Waals surface area (Å²) in [6.45, 7) is 6.30. The summed E-state index contributed by atoms with van der Waals surface area (Å²) in [7, 11) is 0. The molecule has 0 heterocycles. The molecule has 0 amide bonds. The van der Waals surface area contributed by atoms with Gasteiger partial charge in [0.25, 0.3) is 0 Å². The molecule has 0 fully saturated rings. The molecule has 0 unspecified atom stereocenters. The van der Waals surface area contributed by atoms with Crippen LogP contribution in [-0.2, 0) is 0 Å². The van der Waals surface area contributed by atoms with Crippen LogP contribution in [0.5, 0.6) is 5.75 Å². The number of aldehydes is 1.